The molecule has 94 valence electrons. The maximum absolute atomic E-state index is 9.68. The third kappa shape index (κ3) is 3.04. The summed E-state index contributed by atoms with van der Waals surface area (Å²) in [5.41, 5.74) is 3.56. The first kappa shape index (κ1) is 12.5. The Labute approximate surface area is 108 Å². The van der Waals surface area contributed by atoms with Gasteiger partial charge < -0.3 is 10.2 Å². The number of hydrogen-bond acceptors (Lipinski definition) is 2. The minimum atomic E-state index is 0.107. The maximum Gasteiger partial charge on any atom is 0.122 e. The van der Waals surface area contributed by atoms with Crippen molar-refractivity contribution in [2.24, 2.45) is 0 Å². The molecule has 0 atom stereocenters. The van der Waals surface area contributed by atoms with E-state index in [0.717, 1.165) is 24.8 Å². The molecule has 18 heavy (non-hydrogen) atoms. The SMILES string of the molecule is Cc1ccccc1CCCc1ccc(O)cc1O. The number of phenols is 2. The molecule has 0 saturated carbocycles. The van der Waals surface area contributed by atoms with E-state index in [1.54, 1.807) is 12.1 Å². The van der Waals surface area contributed by atoms with E-state index in [4.69, 9.17) is 0 Å². The molecule has 2 heteroatoms. The fraction of sp³-hybridized carbons (Fsp3) is 0.250. The average molecular weight is 242 g/mol. The minimum absolute atomic E-state index is 0.107. The van der Waals surface area contributed by atoms with E-state index in [1.165, 1.54) is 17.2 Å². The number of rotatable bonds is 4. The summed E-state index contributed by atoms with van der Waals surface area (Å²) in [5.74, 6) is 0.287. The van der Waals surface area contributed by atoms with Crippen LogP contribution >= 0.6 is 0 Å². The maximum atomic E-state index is 9.68. The van der Waals surface area contributed by atoms with Crippen LogP contribution in [0.5, 0.6) is 11.5 Å². The lowest BCUT2D eigenvalue weighted by molar-refractivity contribution is 0.445. The van der Waals surface area contributed by atoms with Crippen LogP contribution in [0.3, 0.4) is 0 Å². The Kier molecular flexibility index (Phi) is 3.88. The quantitative estimate of drug-likeness (QED) is 0.860. The summed E-state index contributed by atoms with van der Waals surface area (Å²) in [6.45, 7) is 2.12. The normalized spacial score (nSPS) is 10.5. The first-order valence-electron chi connectivity index (χ1n) is 6.22. The van der Waals surface area contributed by atoms with Gasteiger partial charge in [0.15, 0.2) is 0 Å². The molecule has 0 fully saturated rings. The molecule has 2 aromatic rings. The molecule has 2 nitrogen and oxygen atoms in total. The molecule has 0 aliphatic carbocycles. The lowest BCUT2D eigenvalue weighted by Crippen LogP contribution is -1.93. The second-order valence-corrected chi connectivity index (χ2v) is 4.59. The van der Waals surface area contributed by atoms with Gasteiger partial charge in [-0.15, -0.1) is 0 Å². The van der Waals surface area contributed by atoms with Crippen molar-refractivity contribution in [1.29, 1.82) is 0 Å². The summed E-state index contributed by atoms with van der Waals surface area (Å²) in [7, 11) is 0. The molecule has 0 saturated heterocycles. The third-order valence-electron chi connectivity index (χ3n) is 3.22. The van der Waals surface area contributed by atoms with Gasteiger partial charge in [0.25, 0.3) is 0 Å². The molecule has 0 aliphatic heterocycles. The van der Waals surface area contributed by atoms with Crippen molar-refractivity contribution in [2.45, 2.75) is 26.2 Å². The van der Waals surface area contributed by atoms with E-state index >= 15 is 0 Å². The predicted octanol–water partition coefficient (Wildman–Crippen LogP) is 3.58. The zero-order valence-electron chi connectivity index (χ0n) is 10.6. The van der Waals surface area contributed by atoms with E-state index < -0.39 is 0 Å². The summed E-state index contributed by atoms with van der Waals surface area (Å²) >= 11 is 0. The van der Waals surface area contributed by atoms with Crippen LogP contribution in [0.4, 0.5) is 0 Å². The summed E-state index contributed by atoms with van der Waals surface area (Å²) in [5, 5.41) is 18.9. The highest BCUT2D eigenvalue weighted by molar-refractivity contribution is 5.39. The molecule has 0 unspecified atom stereocenters. The van der Waals surface area contributed by atoms with Gasteiger partial charge in [-0.1, -0.05) is 30.3 Å². The van der Waals surface area contributed by atoms with Gasteiger partial charge >= 0.3 is 0 Å². The van der Waals surface area contributed by atoms with Crippen molar-refractivity contribution in [1.82, 2.24) is 0 Å². The zero-order valence-corrected chi connectivity index (χ0v) is 10.6. The fourth-order valence-electron chi connectivity index (χ4n) is 2.12. The smallest absolute Gasteiger partial charge is 0.122 e. The van der Waals surface area contributed by atoms with Gasteiger partial charge in [0.05, 0.1) is 0 Å². The third-order valence-corrected chi connectivity index (χ3v) is 3.22. The van der Waals surface area contributed by atoms with Gasteiger partial charge in [0.1, 0.15) is 11.5 Å². The number of phenolic OH excluding ortho intramolecular Hbond substituents is 2. The van der Waals surface area contributed by atoms with E-state index in [2.05, 4.69) is 25.1 Å². The van der Waals surface area contributed by atoms with E-state index in [9.17, 15) is 10.2 Å². The van der Waals surface area contributed by atoms with Crippen LogP contribution in [-0.4, -0.2) is 10.2 Å². The Morgan fingerprint density at radius 2 is 1.61 bits per heavy atom. The van der Waals surface area contributed by atoms with Gasteiger partial charge in [0.2, 0.25) is 0 Å². The molecule has 0 aliphatic rings. The minimum Gasteiger partial charge on any atom is -0.508 e. The van der Waals surface area contributed by atoms with Crippen molar-refractivity contribution in [2.75, 3.05) is 0 Å². The Morgan fingerprint density at radius 3 is 2.33 bits per heavy atom. The van der Waals surface area contributed by atoms with E-state index in [-0.39, 0.29) is 11.5 Å². The highest BCUT2D eigenvalue weighted by Gasteiger charge is 2.03. The van der Waals surface area contributed by atoms with Crippen LogP contribution < -0.4 is 0 Å². The Morgan fingerprint density at radius 1 is 0.889 bits per heavy atom. The molecular formula is C16H18O2. The topological polar surface area (TPSA) is 40.5 Å². The van der Waals surface area contributed by atoms with Crippen LogP contribution in [0.25, 0.3) is 0 Å². The fourth-order valence-corrected chi connectivity index (χ4v) is 2.12. The summed E-state index contributed by atoms with van der Waals surface area (Å²) < 4.78 is 0. The molecule has 2 rings (SSSR count). The molecule has 0 radical (unpaired) electrons. The largest absolute Gasteiger partial charge is 0.508 e. The molecule has 0 bridgehead atoms. The lowest BCUT2D eigenvalue weighted by Gasteiger charge is -2.07. The van der Waals surface area contributed by atoms with Crippen molar-refractivity contribution in [3.05, 3.63) is 59.2 Å². The summed E-state index contributed by atoms with van der Waals surface area (Å²) in [6, 6.07) is 13.2. The van der Waals surface area contributed by atoms with Crippen molar-refractivity contribution < 1.29 is 10.2 Å². The van der Waals surface area contributed by atoms with Gasteiger partial charge in [-0.05, 0) is 48.9 Å². The lowest BCUT2D eigenvalue weighted by atomic mass is 10.0. The van der Waals surface area contributed by atoms with E-state index in [0.29, 0.717) is 0 Å². The number of aromatic hydroxyl groups is 2. The Bertz CT molecular complexity index is 532. The zero-order chi connectivity index (χ0) is 13.0. The Balaban J connectivity index is 1.95. The van der Waals surface area contributed by atoms with Crippen LogP contribution in [0.1, 0.15) is 23.1 Å². The first-order chi connectivity index (χ1) is 8.66. The Hall–Kier alpha value is -1.96. The van der Waals surface area contributed by atoms with Crippen LogP contribution in [-0.2, 0) is 12.8 Å². The number of hydrogen-bond donors (Lipinski definition) is 2. The van der Waals surface area contributed by atoms with Crippen LogP contribution in [0.15, 0.2) is 42.5 Å². The van der Waals surface area contributed by atoms with Gasteiger partial charge in [-0.25, -0.2) is 0 Å². The molecular weight excluding hydrogens is 224 g/mol. The number of benzene rings is 2. The standard InChI is InChI=1S/C16H18O2/c1-12-5-2-3-6-13(12)7-4-8-14-9-10-15(17)11-16(14)18/h2-3,5-6,9-11,17-18H,4,7-8H2,1H3. The first-order valence-corrected chi connectivity index (χ1v) is 6.22. The highest BCUT2D eigenvalue weighted by atomic mass is 16.3. The average Bonchev–Trinajstić information content (AvgIpc) is 2.34. The molecule has 0 spiro atoms. The highest BCUT2D eigenvalue weighted by Crippen LogP contribution is 2.24. The molecule has 2 N–H and O–H groups in total. The molecule has 0 amide bonds. The van der Waals surface area contributed by atoms with Gasteiger partial charge in [0, 0.05) is 6.07 Å². The second kappa shape index (κ2) is 5.58. The van der Waals surface area contributed by atoms with Gasteiger partial charge in [-0.2, -0.15) is 0 Å². The molecule has 2 aromatic carbocycles. The monoisotopic (exact) mass is 242 g/mol. The molecule has 0 heterocycles. The number of aryl methyl sites for hydroxylation is 3. The second-order valence-electron chi connectivity index (χ2n) is 4.59. The van der Waals surface area contributed by atoms with Crippen LogP contribution in [0, 0.1) is 6.92 Å². The summed E-state index contributed by atoms with van der Waals surface area (Å²) in [4.78, 5) is 0. The summed E-state index contributed by atoms with van der Waals surface area (Å²) in [6.07, 6.45) is 2.82. The molecule has 0 aromatic heterocycles. The van der Waals surface area contributed by atoms with Crippen molar-refractivity contribution in [3.8, 4) is 11.5 Å². The predicted molar refractivity (Wildman–Crippen MR) is 73.0 cm³/mol. The van der Waals surface area contributed by atoms with Crippen molar-refractivity contribution in [3.63, 3.8) is 0 Å². The van der Waals surface area contributed by atoms with Crippen molar-refractivity contribution >= 4 is 0 Å². The van der Waals surface area contributed by atoms with E-state index in [1.807, 2.05) is 6.07 Å². The van der Waals surface area contributed by atoms with Crippen LogP contribution in [0.2, 0.25) is 0 Å². The van der Waals surface area contributed by atoms with Gasteiger partial charge in [-0.3, -0.25) is 0 Å².